The van der Waals surface area contributed by atoms with Crippen molar-refractivity contribution in [1.82, 2.24) is 14.8 Å². The van der Waals surface area contributed by atoms with E-state index in [1.165, 1.54) is 29.1 Å². The molecule has 0 aliphatic heterocycles. The third-order valence-electron chi connectivity index (χ3n) is 5.07. The zero-order chi connectivity index (χ0) is 22.7. The van der Waals surface area contributed by atoms with Crippen molar-refractivity contribution in [3.05, 3.63) is 82.0 Å². The SMILES string of the molecule is N#Cc1c(CCCNc2ccc([N+](=O)[O-])c3cnccc23)nn(-c2ccc(F)cc2)c1N. The van der Waals surface area contributed by atoms with Crippen molar-refractivity contribution in [3.63, 3.8) is 0 Å². The molecule has 0 fully saturated rings. The second-order valence-corrected chi connectivity index (χ2v) is 7.05. The number of benzene rings is 2. The summed E-state index contributed by atoms with van der Waals surface area (Å²) < 4.78 is 14.6. The molecule has 32 heavy (non-hydrogen) atoms. The molecule has 2 heterocycles. The second kappa shape index (κ2) is 8.69. The van der Waals surface area contributed by atoms with E-state index in [1.807, 2.05) is 0 Å². The minimum atomic E-state index is -0.431. The summed E-state index contributed by atoms with van der Waals surface area (Å²) in [7, 11) is 0. The van der Waals surface area contributed by atoms with Gasteiger partial charge < -0.3 is 11.1 Å². The lowest BCUT2D eigenvalue weighted by molar-refractivity contribution is -0.383. The van der Waals surface area contributed by atoms with Crippen LogP contribution in [0.5, 0.6) is 0 Å². The van der Waals surface area contributed by atoms with E-state index in [-0.39, 0.29) is 17.3 Å². The van der Waals surface area contributed by atoms with Crippen LogP contribution < -0.4 is 11.1 Å². The third-order valence-corrected chi connectivity index (χ3v) is 5.07. The molecule has 0 unspecified atom stereocenters. The van der Waals surface area contributed by atoms with Crippen LogP contribution in [0.15, 0.2) is 54.9 Å². The number of rotatable bonds is 7. The molecule has 0 aliphatic carbocycles. The van der Waals surface area contributed by atoms with Gasteiger partial charge in [-0.15, -0.1) is 0 Å². The molecule has 160 valence electrons. The van der Waals surface area contributed by atoms with E-state index in [4.69, 9.17) is 5.73 Å². The van der Waals surface area contributed by atoms with E-state index in [0.717, 1.165) is 5.69 Å². The molecule has 0 amide bonds. The number of nitrogens with one attached hydrogen (secondary N) is 1. The molecule has 9 nitrogen and oxygen atoms in total. The number of nitrogens with zero attached hydrogens (tertiary/aromatic N) is 5. The van der Waals surface area contributed by atoms with Gasteiger partial charge in [0.15, 0.2) is 0 Å². The minimum absolute atomic E-state index is 0.000815. The first-order valence-corrected chi connectivity index (χ1v) is 9.78. The Labute approximate surface area is 182 Å². The Morgan fingerprint density at radius 1 is 1.19 bits per heavy atom. The Morgan fingerprint density at radius 3 is 2.69 bits per heavy atom. The molecule has 0 atom stereocenters. The number of nitriles is 1. The highest BCUT2D eigenvalue weighted by Gasteiger charge is 2.17. The fraction of sp³-hybridized carbons (Fsp3) is 0.136. The van der Waals surface area contributed by atoms with E-state index < -0.39 is 4.92 Å². The first-order chi connectivity index (χ1) is 15.5. The summed E-state index contributed by atoms with van der Waals surface area (Å²) in [6.45, 7) is 0.545. The topological polar surface area (TPSA) is 136 Å². The number of nitro groups is 1. The number of fused-ring (bicyclic) bond motifs is 1. The molecule has 0 saturated carbocycles. The van der Waals surface area contributed by atoms with Gasteiger partial charge in [-0.25, -0.2) is 9.07 Å². The summed E-state index contributed by atoms with van der Waals surface area (Å²) in [5.41, 5.74) is 8.25. The van der Waals surface area contributed by atoms with Crippen LogP contribution in [0.2, 0.25) is 0 Å². The summed E-state index contributed by atoms with van der Waals surface area (Å²) in [4.78, 5) is 14.8. The van der Waals surface area contributed by atoms with E-state index in [9.17, 15) is 19.8 Å². The Balaban J connectivity index is 1.48. The Morgan fingerprint density at radius 2 is 1.97 bits per heavy atom. The Bertz CT molecular complexity index is 1340. The van der Waals surface area contributed by atoms with Crippen LogP contribution in [0.1, 0.15) is 17.7 Å². The van der Waals surface area contributed by atoms with E-state index in [2.05, 4.69) is 21.5 Å². The van der Waals surface area contributed by atoms with Crippen LogP contribution >= 0.6 is 0 Å². The average molecular weight is 431 g/mol. The zero-order valence-electron chi connectivity index (χ0n) is 16.8. The molecule has 3 N–H and O–H groups in total. The largest absolute Gasteiger partial charge is 0.385 e. The van der Waals surface area contributed by atoms with Crippen molar-refractivity contribution in [2.24, 2.45) is 0 Å². The molecule has 0 aliphatic rings. The predicted molar refractivity (Wildman–Crippen MR) is 118 cm³/mol. The van der Waals surface area contributed by atoms with Crippen LogP contribution in [-0.4, -0.2) is 26.2 Å². The fourth-order valence-electron chi connectivity index (χ4n) is 3.52. The summed E-state index contributed by atoms with van der Waals surface area (Å²) in [6.07, 6.45) is 4.18. The smallest absolute Gasteiger partial charge is 0.278 e. The third kappa shape index (κ3) is 3.91. The fourth-order valence-corrected chi connectivity index (χ4v) is 3.52. The van der Waals surface area contributed by atoms with Crippen molar-refractivity contribution in [3.8, 4) is 11.8 Å². The van der Waals surface area contributed by atoms with Gasteiger partial charge in [-0.2, -0.15) is 10.4 Å². The van der Waals surface area contributed by atoms with Gasteiger partial charge in [0.05, 0.1) is 21.7 Å². The number of nitro benzene ring substituents is 1. The molecule has 2 aromatic carbocycles. The maximum absolute atomic E-state index is 13.2. The second-order valence-electron chi connectivity index (χ2n) is 7.05. The molecule has 0 bridgehead atoms. The number of non-ortho nitro benzene ring substituents is 1. The molecule has 4 rings (SSSR count). The lowest BCUT2D eigenvalue weighted by Crippen LogP contribution is -2.05. The highest BCUT2D eigenvalue weighted by molar-refractivity contribution is 5.99. The molecule has 4 aromatic rings. The van der Waals surface area contributed by atoms with Crippen LogP contribution in [0.25, 0.3) is 16.5 Å². The Kier molecular flexibility index (Phi) is 5.63. The lowest BCUT2D eigenvalue weighted by Gasteiger charge is -2.09. The standard InChI is InChI=1S/C22H18FN7O2/c23-14-3-5-15(6-4-14)29-22(25)17(12-24)20(28-29)2-1-10-27-19-7-8-21(30(31)32)18-13-26-11-9-16(18)19/h3-9,11,13,27H,1-2,10,25H2. The summed E-state index contributed by atoms with van der Waals surface area (Å²) in [5.74, 6) is -0.170. The first-order valence-electron chi connectivity index (χ1n) is 9.78. The van der Waals surface area contributed by atoms with Crippen LogP contribution in [0.3, 0.4) is 0 Å². The number of pyridine rings is 1. The highest BCUT2D eigenvalue weighted by atomic mass is 19.1. The van der Waals surface area contributed by atoms with E-state index in [0.29, 0.717) is 47.1 Å². The Hall–Kier alpha value is -4.52. The van der Waals surface area contributed by atoms with Crippen molar-refractivity contribution in [2.45, 2.75) is 12.8 Å². The highest BCUT2D eigenvalue weighted by Crippen LogP contribution is 2.30. The number of anilines is 2. The number of hydrogen-bond acceptors (Lipinski definition) is 7. The van der Waals surface area contributed by atoms with Crippen LogP contribution in [0.4, 0.5) is 21.6 Å². The van der Waals surface area contributed by atoms with Crippen molar-refractivity contribution < 1.29 is 9.31 Å². The van der Waals surface area contributed by atoms with Crippen molar-refractivity contribution in [2.75, 3.05) is 17.6 Å². The van der Waals surface area contributed by atoms with Gasteiger partial charge in [-0.05, 0) is 49.2 Å². The lowest BCUT2D eigenvalue weighted by atomic mass is 10.1. The number of aryl methyl sites for hydroxylation is 1. The maximum atomic E-state index is 13.2. The molecule has 2 aromatic heterocycles. The molecule has 10 heteroatoms. The van der Waals surface area contributed by atoms with E-state index in [1.54, 1.807) is 30.5 Å². The van der Waals surface area contributed by atoms with Crippen LogP contribution in [-0.2, 0) is 6.42 Å². The van der Waals surface area contributed by atoms with E-state index >= 15 is 0 Å². The van der Waals surface area contributed by atoms with Crippen molar-refractivity contribution in [1.29, 1.82) is 5.26 Å². The molecular weight excluding hydrogens is 413 g/mol. The molecule has 0 saturated heterocycles. The van der Waals surface area contributed by atoms with Gasteiger partial charge in [0.25, 0.3) is 5.69 Å². The average Bonchev–Trinajstić information content (AvgIpc) is 3.12. The number of halogens is 1. The predicted octanol–water partition coefficient (Wildman–Crippen LogP) is 3.97. The van der Waals surface area contributed by atoms with Gasteiger partial charge in [-0.3, -0.25) is 15.1 Å². The number of nitrogen functional groups attached to an aromatic ring is 1. The minimum Gasteiger partial charge on any atom is -0.385 e. The number of aromatic nitrogens is 3. The summed E-state index contributed by atoms with van der Waals surface area (Å²) in [5, 5.41) is 29.6. The number of hydrogen-bond donors (Lipinski definition) is 2. The number of nitrogens with two attached hydrogens (primary N) is 1. The summed E-state index contributed by atoms with van der Waals surface area (Å²) >= 11 is 0. The quantitative estimate of drug-likeness (QED) is 0.257. The van der Waals surface area contributed by atoms with Gasteiger partial charge in [0.1, 0.15) is 23.3 Å². The van der Waals surface area contributed by atoms with Gasteiger partial charge >= 0.3 is 0 Å². The van der Waals surface area contributed by atoms with Crippen molar-refractivity contribution >= 4 is 28.0 Å². The molecule has 0 radical (unpaired) electrons. The van der Waals surface area contributed by atoms with Gasteiger partial charge in [0, 0.05) is 36.1 Å². The molecular formula is C22H18FN7O2. The normalized spacial score (nSPS) is 10.8. The summed E-state index contributed by atoms with van der Waals surface area (Å²) in [6, 6.07) is 12.6. The monoisotopic (exact) mass is 431 g/mol. The van der Waals surface area contributed by atoms with Gasteiger partial charge in [0.2, 0.25) is 0 Å². The zero-order valence-corrected chi connectivity index (χ0v) is 16.8. The van der Waals surface area contributed by atoms with Crippen LogP contribution in [0, 0.1) is 27.3 Å². The molecule has 0 spiro atoms. The first kappa shape index (κ1) is 20.7. The maximum Gasteiger partial charge on any atom is 0.278 e. The van der Waals surface area contributed by atoms with Gasteiger partial charge in [-0.1, -0.05) is 0 Å².